The highest BCUT2D eigenvalue weighted by Gasteiger charge is 2.21. The van der Waals surface area contributed by atoms with E-state index in [1.54, 1.807) is 0 Å². The van der Waals surface area contributed by atoms with Gasteiger partial charge in [-0.25, -0.2) is 0 Å². The monoisotopic (exact) mass is 228 g/mol. The molecule has 0 bridgehead atoms. The molecular weight excluding hydrogens is 200 g/mol. The molecule has 0 saturated carbocycles. The van der Waals surface area contributed by atoms with Crippen LogP contribution < -0.4 is 5.32 Å². The zero-order valence-electron chi connectivity index (χ0n) is 11.2. The van der Waals surface area contributed by atoms with Crippen molar-refractivity contribution in [1.29, 1.82) is 0 Å². The van der Waals surface area contributed by atoms with Crippen LogP contribution in [0.2, 0.25) is 0 Å². The van der Waals surface area contributed by atoms with E-state index in [-0.39, 0.29) is 0 Å². The number of hydrogen-bond donors (Lipinski definition) is 1. The zero-order chi connectivity index (χ0) is 11.8. The molecule has 16 heavy (non-hydrogen) atoms. The van der Waals surface area contributed by atoms with Crippen LogP contribution in [0.1, 0.15) is 33.6 Å². The summed E-state index contributed by atoms with van der Waals surface area (Å²) in [6, 6.07) is 0.618. The highest BCUT2D eigenvalue weighted by atomic mass is 16.5. The molecule has 0 spiro atoms. The molecule has 1 aliphatic rings. The van der Waals surface area contributed by atoms with Gasteiger partial charge in [0.1, 0.15) is 0 Å². The van der Waals surface area contributed by atoms with Gasteiger partial charge in [0, 0.05) is 32.3 Å². The lowest BCUT2D eigenvalue weighted by Crippen LogP contribution is -2.31. The molecule has 1 rings (SSSR count). The van der Waals surface area contributed by atoms with Gasteiger partial charge in [-0.2, -0.15) is 0 Å². The van der Waals surface area contributed by atoms with Crippen LogP contribution in [0.25, 0.3) is 0 Å². The van der Waals surface area contributed by atoms with Crippen LogP contribution in [0, 0.1) is 5.92 Å². The number of likely N-dealkylation sites (tertiary alicyclic amines) is 1. The fourth-order valence-corrected chi connectivity index (χ4v) is 2.22. The van der Waals surface area contributed by atoms with Gasteiger partial charge < -0.3 is 15.0 Å². The van der Waals surface area contributed by atoms with E-state index in [1.165, 1.54) is 39.0 Å². The predicted molar refractivity (Wildman–Crippen MR) is 68.8 cm³/mol. The second kappa shape index (κ2) is 8.04. The van der Waals surface area contributed by atoms with Crippen LogP contribution in [0.4, 0.5) is 0 Å². The van der Waals surface area contributed by atoms with Crippen LogP contribution in [-0.2, 0) is 4.74 Å². The Morgan fingerprint density at radius 3 is 2.94 bits per heavy atom. The molecule has 1 N–H and O–H groups in total. The summed E-state index contributed by atoms with van der Waals surface area (Å²) in [5.41, 5.74) is 0. The van der Waals surface area contributed by atoms with Crippen LogP contribution in [0.5, 0.6) is 0 Å². The largest absolute Gasteiger partial charge is 0.382 e. The summed E-state index contributed by atoms with van der Waals surface area (Å²) in [6.45, 7) is 13.2. The molecule has 0 radical (unpaired) electrons. The molecule has 3 heteroatoms. The maximum atomic E-state index is 5.36. The highest BCUT2D eigenvalue weighted by molar-refractivity contribution is 4.77. The Bertz CT molecular complexity index is 173. The number of rotatable bonds is 8. The third-order valence-corrected chi connectivity index (χ3v) is 3.15. The second-order valence-corrected chi connectivity index (χ2v) is 5.07. The number of ether oxygens (including phenoxy) is 1. The highest BCUT2D eigenvalue weighted by Crippen LogP contribution is 2.15. The minimum atomic E-state index is 0.618. The third kappa shape index (κ3) is 5.83. The van der Waals surface area contributed by atoms with Crippen molar-refractivity contribution in [2.45, 2.75) is 39.7 Å². The van der Waals surface area contributed by atoms with E-state index in [4.69, 9.17) is 4.74 Å². The molecule has 0 aliphatic carbocycles. The molecule has 96 valence electrons. The van der Waals surface area contributed by atoms with Gasteiger partial charge in [-0.3, -0.25) is 0 Å². The van der Waals surface area contributed by atoms with Crippen molar-refractivity contribution in [1.82, 2.24) is 10.2 Å². The van der Waals surface area contributed by atoms with Gasteiger partial charge >= 0.3 is 0 Å². The van der Waals surface area contributed by atoms with Crippen molar-refractivity contribution >= 4 is 0 Å². The average molecular weight is 228 g/mol. The van der Waals surface area contributed by atoms with Crippen LogP contribution in [-0.4, -0.2) is 50.3 Å². The van der Waals surface area contributed by atoms with Gasteiger partial charge in [-0.15, -0.1) is 0 Å². The molecule has 0 aromatic rings. The lowest BCUT2D eigenvalue weighted by Gasteiger charge is -2.17. The summed E-state index contributed by atoms with van der Waals surface area (Å²) in [5, 5.41) is 3.53. The normalized spacial score (nSPS) is 22.1. The third-order valence-electron chi connectivity index (χ3n) is 3.15. The Morgan fingerprint density at radius 1 is 1.44 bits per heavy atom. The van der Waals surface area contributed by atoms with E-state index < -0.39 is 0 Å². The minimum absolute atomic E-state index is 0.618. The maximum absolute atomic E-state index is 5.36. The fourth-order valence-electron chi connectivity index (χ4n) is 2.22. The smallest absolute Gasteiger partial charge is 0.0478 e. The first-order valence-corrected chi connectivity index (χ1v) is 6.75. The first-order valence-electron chi connectivity index (χ1n) is 6.75. The molecule has 3 nitrogen and oxygen atoms in total. The van der Waals surface area contributed by atoms with Gasteiger partial charge in [0.25, 0.3) is 0 Å². The van der Waals surface area contributed by atoms with Crippen LogP contribution in [0.15, 0.2) is 0 Å². The average Bonchev–Trinajstić information content (AvgIpc) is 2.70. The summed E-state index contributed by atoms with van der Waals surface area (Å²) in [7, 11) is 0. The van der Waals surface area contributed by atoms with E-state index >= 15 is 0 Å². The maximum Gasteiger partial charge on any atom is 0.0478 e. The van der Waals surface area contributed by atoms with E-state index in [1.807, 2.05) is 0 Å². The molecule has 1 fully saturated rings. The Kier molecular flexibility index (Phi) is 7.01. The van der Waals surface area contributed by atoms with Gasteiger partial charge in [-0.1, -0.05) is 13.8 Å². The molecule has 0 aromatic heterocycles. The zero-order valence-corrected chi connectivity index (χ0v) is 11.2. The van der Waals surface area contributed by atoms with E-state index in [2.05, 4.69) is 31.0 Å². The molecule has 1 heterocycles. The lowest BCUT2D eigenvalue weighted by atomic mass is 10.1. The Morgan fingerprint density at radius 2 is 2.25 bits per heavy atom. The van der Waals surface area contributed by atoms with Crippen LogP contribution >= 0.6 is 0 Å². The van der Waals surface area contributed by atoms with E-state index in [9.17, 15) is 0 Å². The standard InChI is InChI=1S/C13H28N2O/c1-4-16-9-5-7-15-8-6-13(11-15)10-14-12(2)3/h12-14H,4-11H2,1-3H3. The van der Waals surface area contributed by atoms with Gasteiger partial charge in [0.15, 0.2) is 0 Å². The van der Waals surface area contributed by atoms with Crippen molar-refractivity contribution in [3.05, 3.63) is 0 Å². The molecular formula is C13H28N2O. The SMILES string of the molecule is CCOCCCN1CCC(CNC(C)C)C1. The Hall–Kier alpha value is -0.120. The van der Waals surface area contributed by atoms with E-state index in [0.717, 1.165) is 19.1 Å². The summed E-state index contributed by atoms with van der Waals surface area (Å²) in [5.74, 6) is 0.856. The summed E-state index contributed by atoms with van der Waals surface area (Å²) in [4.78, 5) is 2.58. The molecule has 1 aliphatic heterocycles. The van der Waals surface area contributed by atoms with Gasteiger partial charge in [0.05, 0.1) is 0 Å². The quantitative estimate of drug-likeness (QED) is 0.640. The van der Waals surface area contributed by atoms with Crippen molar-refractivity contribution in [2.75, 3.05) is 39.4 Å². The fraction of sp³-hybridized carbons (Fsp3) is 1.00. The minimum Gasteiger partial charge on any atom is -0.382 e. The Labute approximate surface area is 101 Å². The molecule has 1 unspecified atom stereocenters. The van der Waals surface area contributed by atoms with Gasteiger partial charge in [-0.05, 0) is 38.8 Å². The van der Waals surface area contributed by atoms with E-state index in [0.29, 0.717) is 6.04 Å². The van der Waals surface area contributed by atoms with Gasteiger partial charge in [0.2, 0.25) is 0 Å². The first kappa shape index (κ1) is 13.9. The number of hydrogen-bond acceptors (Lipinski definition) is 3. The molecule has 1 atom stereocenters. The number of nitrogens with zero attached hydrogens (tertiary/aromatic N) is 1. The Balaban J connectivity index is 2.01. The van der Waals surface area contributed by atoms with Crippen molar-refractivity contribution in [3.63, 3.8) is 0 Å². The lowest BCUT2D eigenvalue weighted by molar-refractivity contribution is 0.135. The van der Waals surface area contributed by atoms with Crippen molar-refractivity contribution < 1.29 is 4.74 Å². The molecule has 0 amide bonds. The van der Waals surface area contributed by atoms with Crippen molar-refractivity contribution in [2.24, 2.45) is 5.92 Å². The first-order chi connectivity index (χ1) is 7.72. The predicted octanol–water partition coefficient (Wildman–Crippen LogP) is 1.73. The van der Waals surface area contributed by atoms with Crippen LogP contribution in [0.3, 0.4) is 0 Å². The topological polar surface area (TPSA) is 24.5 Å². The summed E-state index contributed by atoms with van der Waals surface area (Å²) in [6.07, 6.45) is 2.53. The molecule has 1 saturated heterocycles. The number of nitrogens with one attached hydrogen (secondary N) is 1. The summed E-state index contributed by atoms with van der Waals surface area (Å²) >= 11 is 0. The molecule has 0 aromatic carbocycles. The summed E-state index contributed by atoms with van der Waals surface area (Å²) < 4.78 is 5.36. The second-order valence-electron chi connectivity index (χ2n) is 5.07. The van der Waals surface area contributed by atoms with Crippen molar-refractivity contribution in [3.8, 4) is 0 Å².